The third kappa shape index (κ3) is 11.0. The van der Waals surface area contributed by atoms with E-state index in [-0.39, 0.29) is 0 Å². The minimum absolute atomic E-state index is 1.25. The molecular formula is C6H18O3Si. The highest BCUT2D eigenvalue weighted by atomic mass is 28.3. The molecule has 0 heterocycles. The third-order valence-corrected chi connectivity index (χ3v) is 1.73. The van der Waals surface area contributed by atoms with Crippen LogP contribution in [0, 0.1) is 0 Å². The van der Waals surface area contributed by atoms with Crippen molar-refractivity contribution in [3.05, 3.63) is 0 Å². The van der Waals surface area contributed by atoms with Crippen molar-refractivity contribution in [3.63, 3.8) is 0 Å². The molecule has 0 rings (SSSR count). The molecule has 0 aromatic heterocycles. The molecule has 4 heteroatoms. The lowest BCUT2D eigenvalue weighted by atomic mass is 10.6. The lowest BCUT2D eigenvalue weighted by Crippen LogP contribution is -2.21. The minimum atomic E-state index is -1.67. The summed E-state index contributed by atoms with van der Waals surface area (Å²) in [5, 5.41) is 0. The predicted molar refractivity (Wildman–Crippen MR) is 44.1 cm³/mol. The fourth-order valence-electron chi connectivity index (χ4n) is 0.289. The van der Waals surface area contributed by atoms with Gasteiger partial charge in [-0.05, 0) is 0 Å². The van der Waals surface area contributed by atoms with Crippen LogP contribution >= 0.6 is 0 Å². The minimum Gasteiger partial charge on any atom is -0.379 e. The summed E-state index contributed by atoms with van der Waals surface area (Å²) in [5.41, 5.74) is 0. The third-order valence-electron chi connectivity index (χ3n) is 0.577. The average molecular weight is 166 g/mol. The fourth-order valence-corrected chi connectivity index (χ4v) is 0.866. The number of rotatable bonds is 3. The average Bonchev–Trinajstić information content (AvgIpc) is 1.93. The van der Waals surface area contributed by atoms with Gasteiger partial charge in [0.25, 0.3) is 0 Å². The zero-order valence-electron chi connectivity index (χ0n) is 7.51. The first kappa shape index (κ1) is 12.7. The molecule has 0 aliphatic heterocycles. The van der Waals surface area contributed by atoms with Gasteiger partial charge < -0.3 is 13.3 Å². The normalized spacial score (nSPS) is 9.00. The van der Waals surface area contributed by atoms with Crippen LogP contribution in [0.5, 0.6) is 0 Å². The second-order valence-electron chi connectivity index (χ2n) is 1.70. The summed E-state index contributed by atoms with van der Waals surface area (Å²) >= 11 is 0. The van der Waals surface area contributed by atoms with Gasteiger partial charge in [0.05, 0.1) is 0 Å². The van der Waals surface area contributed by atoms with Gasteiger partial charge in [-0.3, -0.25) is 0 Å². The van der Waals surface area contributed by atoms with Gasteiger partial charge in [-0.25, -0.2) is 0 Å². The zero-order valence-corrected chi connectivity index (χ0v) is 8.66. The summed E-state index contributed by atoms with van der Waals surface area (Å²) in [6.45, 7) is 4.25. The maximum Gasteiger partial charge on any atom is 0.483 e. The first-order chi connectivity index (χ1) is 4.76. The fraction of sp³-hybridized carbons (Fsp3) is 1.00. The van der Waals surface area contributed by atoms with Crippen molar-refractivity contribution in [3.8, 4) is 0 Å². The van der Waals surface area contributed by atoms with Crippen molar-refractivity contribution in [1.82, 2.24) is 0 Å². The molecule has 0 saturated carbocycles. The van der Waals surface area contributed by atoms with Gasteiger partial charge in [0.15, 0.2) is 0 Å². The van der Waals surface area contributed by atoms with E-state index in [1.165, 1.54) is 6.42 Å². The van der Waals surface area contributed by atoms with E-state index in [1.54, 1.807) is 21.3 Å². The van der Waals surface area contributed by atoms with Crippen LogP contribution in [-0.2, 0) is 13.3 Å². The Labute approximate surface area is 65.3 Å². The first-order valence-corrected chi connectivity index (χ1v) is 4.76. The smallest absolute Gasteiger partial charge is 0.379 e. The Morgan fingerprint density at radius 2 is 1.10 bits per heavy atom. The van der Waals surface area contributed by atoms with Crippen LogP contribution in [0.3, 0.4) is 0 Å². The van der Waals surface area contributed by atoms with E-state index in [9.17, 15) is 0 Å². The van der Waals surface area contributed by atoms with Crippen molar-refractivity contribution in [2.45, 2.75) is 20.3 Å². The molecular weight excluding hydrogens is 148 g/mol. The monoisotopic (exact) mass is 166 g/mol. The Kier molecular flexibility index (Phi) is 15.1. The largest absolute Gasteiger partial charge is 0.483 e. The summed E-state index contributed by atoms with van der Waals surface area (Å²) in [4.78, 5) is 0. The predicted octanol–water partition coefficient (Wildman–Crippen LogP) is 1.06. The molecule has 0 unspecified atom stereocenters. The lowest BCUT2D eigenvalue weighted by molar-refractivity contribution is 0.163. The van der Waals surface area contributed by atoms with Gasteiger partial charge in [0, 0.05) is 21.3 Å². The Hall–Kier alpha value is 0.0969. The summed E-state index contributed by atoms with van der Waals surface area (Å²) in [6, 6.07) is 0. The van der Waals surface area contributed by atoms with E-state index in [2.05, 4.69) is 13.8 Å². The molecule has 0 aliphatic rings. The second kappa shape index (κ2) is 11.8. The van der Waals surface area contributed by atoms with Gasteiger partial charge in [-0.1, -0.05) is 20.3 Å². The van der Waals surface area contributed by atoms with Gasteiger partial charge in [0.1, 0.15) is 0 Å². The molecule has 0 fully saturated rings. The van der Waals surface area contributed by atoms with Crippen molar-refractivity contribution >= 4 is 9.53 Å². The maximum absolute atomic E-state index is 4.74. The Balaban J connectivity index is 0. The molecule has 0 aromatic carbocycles. The number of hydrogen-bond acceptors (Lipinski definition) is 3. The van der Waals surface area contributed by atoms with Crippen LogP contribution < -0.4 is 0 Å². The topological polar surface area (TPSA) is 27.7 Å². The van der Waals surface area contributed by atoms with Gasteiger partial charge >= 0.3 is 9.53 Å². The van der Waals surface area contributed by atoms with E-state index in [1.807, 2.05) is 0 Å². The highest BCUT2D eigenvalue weighted by Crippen LogP contribution is 1.81. The number of hydrogen-bond donors (Lipinski definition) is 0. The molecule has 0 aromatic rings. The van der Waals surface area contributed by atoms with Crippen LogP contribution in [0.1, 0.15) is 20.3 Å². The molecule has 10 heavy (non-hydrogen) atoms. The van der Waals surface area contributed by atoms with Gasteiger partial charge in [0.2, 0.25) is 0 Å². The van der Waals surface area contributed by atoms with Crippen LogP contribution in [0.25, 0.3) is 0 Å². The second-order valence-corrected chi connectivity index (χ2v) is 3.69. The van der Waals surface area contributed by atoms with E-state index >= 15 is 0 Å². The van der Waals surface area contributed by atoms with E-state index in [0.717, 1.165) is 0 Å². The molecule has 0 saturated heterocycles. The SMILES string of the molecule is CCC.CO[SiH](OC)OC. The quantitative estimate of drug-likeness (QED) is 0.587. The van der Waals surface area contributed by atoms with E-state index < -0.39 is 9.53 Å². The summed E-state index contributed by atoms with van der Waals surface area (Å²) in [5.74, 6) is 0. The van der Waals surface area contributed by atoms with Crippen LogP contribution in [0.2, 0.25) is 0 Å². The molecule has 0 spiro atoms. The Bertz CT molecular complexity index is 42.7. The van der Waals surface area contributed by atoms with E-state index in [4.69, 9.17) is 13.3 Å². The van der Waals surface area contributed by atoms with Gasteiger partial charge in [-0.2, -0.15) is 0 Å². The van der Waals surface area contributed by atoms with Crippen LogP contribution in [0.4, 0.5) is 0 Å². The van der Waals surface area contributed by atoms with Gasteiger partial charge in [-0.15, -0.1) is 0 Å². The zero-order chi connectivity index (χ0) is 8.41. The maximum atomic E-state index is 4.74. The molecule has 0 bridgehead atoms. The molecule has 64 valence electrons. The summed E-state index contributed by atoms with van der Waals surface area (Å²) in [7, 11) is 3.05. The molecule has 0 N–H and O–H groups in total. The van der Waals surface area contributed by atoms with Crippen molar-refractivity contribution in [2.75, 3.05) is 21.3 Å². The summed E-state index contributed by atoms with van der Waals surface area (Å²) in [6.07, 6.45) is 1.25. The standard InChI is InChI=1S/C3H10O3Si.C3H8/c1-4-7(5-2)6-3;1-3-2/h7H,1-3H3;3H2,1-2H3. The molecule has 0 radical (unpaired) electrons. The summed E-state index contributed by atoms with van der Waals surface area (Å²) < 4.78 is 14.2. The van der Waals surface area contributed by atoms with E-state index in [0.29, 0.717) is 0 Å². The lowest BCUT2D eigenvalue weighted by Gasteiger charge is -2.05. The highest BCUT2D eigenvalue weighted by molar-refractivity contribution is 6.36. The molecule has 3 nitrogen and oxygen atoms in total. The van der Waals surface area contributed by atoms with Crippen molar-refractivity contribution < 1.29 is 13.3 Å². The van der Waals surface area contributed by atoms with Crippen LogP contribution in [-0.4, -0.2) is 30.9 Å². The van der Waals surface area contributed by atoms with Crippen LogP contribution in [0.15, 0.2) is 0 Å². The molecule has 0 atom stereocenters. The molecule has 0 aliphatic carbocycles. The van der Waals surface area contributed by atoms with Crippen molar-refractivity contribution in [1.29, 1.82) is 0 Å². The Morgan fingerprint density at radius 1 is 0.900 bits per heavy atom. The van der Waals surface area contributed by atoms with Crippen molar-refractivity contribution in [2.24, 2.45) is 0 Å². The highest BCUT2D eigenvalue weighted by Gasteiger charge is 2.04. The first-order valence-electron chi connectivity index (χ1n) is 3.35. The Morgan fingerprint density at radius 3 is 1.10 bits per heavy atom. The molecule has 0 amide bonds.